The molecule has 0 saturated heterocycles. The Bertz CT molecular complexity index is 735. The fourth-order valence-electron chi connectivity index (χ4n) is 2.64. The van der Waals surface area contributed by atoms with Crippen LogP contribution in [0.15, 0.2) is 46.8 Å². The molecule has 134 valence electrons. The van der Waals surface area contributed by atoms with E-state index < -0.39 is 0 Å². The normalized spacial score (nSPS) is 15.8. The van der Waals surface area contributed by atoms with Crippen molar-refractivity contribution < 1.29 is 9.84 Å². The van der Waals surface area contributed by atoms with Crippen LogP contribution in [-0.4, -0.2) is 42.8 Å². The predicted molar refractivity (Wildman–Crippen MR) is 103 cm³/mol. The summed E-state index contributed by atoms with van der Waals surface area (Å²) in [6.07, 6.45) is 3.27. The van der Waals surface area contributed by atoms with Gasteiger partial charge in [-0.15, -0.1) is 0 Å². The number of nitrogens with one attached hydrogen (secondary N) is 1. The van der Waals surface area contributed by atoms with Gasteiger partial charge in [0.1, 0.15) is 5.76 Å². The second-order valence-electron chi connectivity index (χ2n) is 5.73. The molecule has 1 aromatic carbocycles. The van der Waals surface area contributed by atoms with Crippen molar-refractivity contribution in [3.63, 3.8) is 0 Å². The molecule has 0 atom stereocenters. The molecule has 2 rings (SSSR count). The Hall–Kier alpha value is -2.60. The molecule has 6 heteroatoms. The number of likely N-dealkylation sites (N-methyl/N-ethyl adjacent to an activating group) is 1. The number of nitrogens with zero attached hydrogens (tertiary/aromatic N) is 2. The summed E-state index contributed by atoms with van der Waals surface area (Å²) in [7, 11) is 0. The van der Waals surface area contributed by atoms with Crippen LogP contribution in [0.5, 0.6) is 0 Å². The highest BCUT2D eigenvalue weighted by atomic mass is 16.5. The molecule has 0 aromatic heterocycles. The van der Waals surface area contributed by atoms with Crippen molar-refractivity contribution in [2.75, 3.05) is 31.2 Å². The van der Waals surface area contributed by atoms with Crippen LogP contribution in [0.1, 0.15) is 19.4 Å². The van der Waals surface area contributed by atoms with Gasteiger partial charge in [0.15, 0.2) is 0 Å². The molecule has 1 aromatic rings. The van der Waals surface area contributed by atoms with Crippen molar-refractivity contribution in [3.05, 3.63) is 47.4 Å². The van der Waals surface area contributed by atoms with Crippen LogP contribution in [0.25, 0.3) is 0 Å². The molecular formula is C19H26N4O2. The predicted octanol–water partition coefficient (Wildman–Crippen LogP) is 2.68. The number of hydrogen-bond acceptors (Lipinski definition) is 6. The van der Waals surface area contributed by atoms with E-state index in [2.05, 4.69) is 22.9 Å². The molecule has 1 aliphatic carbocycles. The molecule has 0 saturated carbocycles. The van der Waals surface area contributed by atoms with Crippen LogP contribution in [0.3, 0.4) is 0 Å². The van der Waals surface area contributed by atoms with Crippen LogP contribution in [-0.2, 0) is 4.74 Å². The van der Waals surface area contributed by atoms with E-state index in [-0.39, 0.29) is 12.3 Å². The highest BCUT2D eigenvalue weighted by molar-refractivity contribution is 6.22. The van der Waals surface area contributed by atoms with Gasteiger partial charge in [-0.1, -0.05) is 0 Å². The molecular weight excluding hydrogens is 316 g/mol. The van der Waals surface area contributed by atoms with E-state index in [1.165, 1.54) is 0 Å². The monoisotopic (exact) mass is 342 g/mol. The second kappa shape index (κ2) is 8.48. The molecule has 4 N–H and O–H groups in total. The first-order chi connectivity index (χ1) is 12.0. The van der Waals surface area contributed by atoms with Crippen molar-refractivity contribution in [2.45, 2.75) is 20.8 Å². The topological polar surface area (TPSA) is 94.9 Å². The zero-order chi connectivity index (χ0) is 18.4. The molecule has 0 aliphatic heterocycles. The van der Waals surface area contributed by atoms with E-state index in [4.69, 9.17) is 21.0 Å². The first-order valence-corrected chi connectivity index (χ1v) is 8.46. The third-order valence-electron chi connectivity index (χ3n) is 3.97. The van der Waals surface area contributed by atoms with E-state index >= 15 is 0 Å². The third kappa shape index (κ3) is 4.48. The number of aliphatic hydroxyl groups is 1. The lowest BCUT2D eigenvalue weighted by atomic mass is 10.1. The Morgan fingerprint density at radius 3 is 2.64 bits per heavy atom. The van der Waals surface area contributed by atoms with Crippen LogP contribution >= 0.6 is 0 Å². The van der Waals surface area contributed by atoms with E-state index in [0.29, 0.717) is 30.3 Å². The quantitative estimate of drug-likeness (QED) is 0.664. The van der Waals surface area contributed by atoms with Gasteiger partial charge in [0.25, 0.3) is 0 Å². The Kier molecular flexibility index (Phi) is 6.36. The zero-order valence-corrected chi connectivity index (χ0v) is 15.0. The lowest BCUT2D eigenvalue weighted by molar-refractivity contribution is 0.250. The minimum atomic E-state index is 0.120. The van der Waals surface area contributed by atoms with Gasteiger partial charge in [-0.2, -0.15) is 0 Å². The minimum absolute atomic E-state index is 0.120. The number of anilines is 1. The molecule has 1 aliphatic rings. The van der Waals surface area contributed by atoms with Crippen molar-refractivity contribution in [1.29, 1.82) is 5.41 Å². The maximum atomic E-state index is 9.17. The number of nitrogens with two attached hydrogens (primary N) is 1. The fraction of sp³-hybridized carbons (Fsp3) is 0.368. The number of aliphatic hydroxyl groups excluding tert-OH is 1. The summed E-state index contributed by atoms with van der Waals surface area (Å²) in [6, 6.07) is 5.99. The summed E-state index contributed by atoms with van der Waals surface area (Å²) < 4.78 is 5.46. The highest BCUT2D eigenvalue weighted by Gasteiger charge is 2.16. The molecule has 0 fully saturated rings. The first kappa shape index (κ1) is 18.7. The van der Waals surface area contributed by atoms with E-state index in [9.17, 15) is 0 Å². The second-order valence-corrected chi connectivity index (χ2v) is 5.73. The van der Waals surface area contributed by atoms with Crippen LogP contribution in [0.2, 0.25) is 0 Å². The number of aryl methyl sites for hydroxylation is 1. The van der Waals surface area contributed by atoms with Crippen molar-refractivity contribution in [2.24, 2.45) is 10.7 Å². The summed E-state index contributed by atoms with van der Waals surface area (Å²) >= 11 is 0. The highest BCUT2D eigenvalue weighted by Crippen LogP contribution is 2.26. The largest absolute Gasteiger partial charge is 0.492 e. The summed E-state index contributed by atoms with van der Waals surface area (Å²) in [5.74, 6) is 0.477. The molecule has 25 heavy (non-hydrogen) atoms. The molecule has 0 heterocycles. The lowest BCUT2D eigenvalue weighted by Crippen LogP contribution is -2.26. The number of hydrogen-bond donors (Lipinski definition) is 3. The maximum absolute atomic E-state index is 9.17. The first-order valence-electron chi connectivity index (χ1n) is 8.46. The summed E-state index contributed by atoms with van der Waals surface area (Å²) in [4.78, 5) is 6.74. The van der Waals surface area contributed by atoms with Gasteiger partial charge in [0.05, 0.1) is 36.0 Å². The van der Waals surface area contributed by atoms with Gasteiger partial charge in [-0.25, -0.2) is 4.99 Å². The number of benzene rings is 1. The van der Waals surface area contributed by atoms with Crippen molar-refractivity contribution >= 4 is 22.8 Å². The van der Waals surface area contributed by atoms with E-state index in [1.807, 2.05) is 26.0 Å². The van der Waals surface area contributed by atoms with Crippen molar-refractivity contribution in [3.8, 4) is 0 Å². The fourth-order valence-corrected chi connectivity index (χ4v) is 2.64. The van der Waals surface area contributed by atoms with E-state index in [1.54, 1.807) is 12.2 Å². The van der Waals surface area contributed by atoms with Crippen LogP contribution < -0.4 is 10.6 Å². The maximum Gasteiger partial charge on any atom is 0.146 e. The number of aliphatic imine (C=N–C) groups is 1. The Labute approximate surface area is 148 Å². The van der Waals surface area contributed by atoms with Gasteiger partial charge in [-0.3, -0.25) is 5.41 Å². The van der Waals surface area contributed by atoms with Gasteiger partial charge in [-0.05, 0) is 50.6 Å². The average Bonchev–Trinajstić information content (AvgIpc) is 2.58. The third-order valence-corrected chi connectivity index (χ3v) is 3.97. The molecule has 0 unspecified atom stereocenters. The van der Waals surface area contributed by atoms with Crippen LogP contribution in [0, 0.1) is 12.3 Å². The van der Waals surface area contributed by atoms with E-state index in [0.717, 1.165) is 23.5 Å². The van der Waals surface area contributed by atoms with Crippen molar-refractivity contribution in [1.82, 2.24) is 0 Å². The molecule has 0 radical (unpaired) electrons. The lowest BCUT2D eigenvalue weighted by Gasteiger charge is -2.22. The van der Waals surface area contributed by atoms with Gasteiger partial charge in [0.2, 0.25) is 0 Å². The summed E-state index contributed by atoms with van der Waals surface area (Å²) in [5, 5.41) is 17.1. The minimum Gasteiger partial charge on any atom is -0.492 e. The zero-order valence-electron chi connectivity index (χ0n) is 15.0. The molecule has 0 spiro atoms. The van der Waals surface area contributed by atoms with Gasteiger partial charge < -0.3 is 20.5 Å². The average molecular weight is 342 g/mol. The number of allylic oxidation sites excluding steroid dienone is 2. The number of ether oxygens (including phenoxy) is 1. The molecule has 0 amide bonds. The Morgan fingerprint density at radius 1 is 1.28 bits per heavy atom. The standard InChI is InChI=1S/C19H26N4O2/c1-4-23(8-9-24)14-6-7-17(13(3)10-14)22-18-12-19(25-5-2)16(21)11-15(18)20/h6-7,10-12,21,24H,4-5,8-9,20H2,1-3H3. The molecule has 6 nitrogen and oxygen atoms in total. The summed E-state index contributed by atoms with van der Waals surface area (Å²) in [6.45, 7) is 7.96. The van der Waals surface area contributed by atoms with Crippen LogP contribution in [0.4, 0.5) is 11.4 Å². The Morgan fingerprint density at radius 2 is 2.04 bits per heavy atom. The number of rotatable bonds is 7. The Balaban J connectivity index is 2.34. The van der Waals surface area contributed by atoms with Gasteiger partial charge >= 0.3 is 0 Å². The van der Waals surface area contributed by atoms with Gasteiger partial charge in [0, 0.05) is 24.9 Å². The summed E-state index contributed by atoms with van der Waals surface area (Å²) in [5.41, 5.74) is 10.2. The SMILES string of the molecule is CCOC1=CC(=Nc2ccc(N(CC)CCO)cc2C)C(N)=CC1=N. The molecule has 0 bridgehead atoms. The smallest absolute Gasteiger partial charge is 0.146 e.